The van der Waals surface area contributed by atoms with Crippen molar-refractivity contribution in [2.45, 2.75) is 27.3 Å². The quantitative estimate of drug-likeness (QED) is 0.773. The van der Waals surface area contributed by atoms with Crippen molar-refractivity contribution in [3.63, 3.8) is 0 Å². The third-order valence-electron chi connectivity index (χ3n) is 2.80. The van der Waals surface area contributed by atoms with Gasteiger partial charge in [-0.15, -0.1) is 11.3 Å². The number of aromatic nitrogens is 1. The fraction of sp³-hybridized carbons (Fsp3) is 0.438. The average molecular weight is 305 g/mol. The van der Waals surface area contributed by atoms with Crippen LogP contribution in [-0.2, 0) is 6.54 Å². The first-order valence-corrected chi connectivity index (χ1v) is 8.20. The number of nitrogens with zero attached hydrogens (tertiary/aromatic N) is 1. The molecule has 0 spiro atoms. The van der Waals surface area contributed by atoms with Crippen LogP contribution < -0.4 is 15.4 Å². The SMILES string of the molecule is CCNCc1csc(Nc2ccc(OCC(C)C)cc2)n1. The van der Waals surface area contributed by atoms with Gasteiger partial charge in [-0.2, -0.15) is 0 Å². The lowest BCUT2D eigenvalue weighted by molar-refractivity contribution is 0.271. The van der Waals surface area contributed by atoms with Gasteiger partial charge in [-0.3, -0.25) is 0 Å². The first-order chi connectivity index (χ1) is 10.2. The Hall–Kier alpha value is -1.59. The summed E-state index contributed by atoms with van der Waals surface area (Å²) in [4.78, 5) is 4.54. The number of hydrogen-bond donors (Lipinski definition) is 2. The predicted octanol–water partition coefficient (Wildman–Crippen LogP) is 4.03. The molecule has 0 aliphatic heterocycles. The van der Waals surface area contributed by atoms with Crippen LogP contribution in [0.15, 0.2) is 29.6 Å². The molecule has 0 saturated heterocycles. The predicted molar refractivity (Wildman–Crippen MR) is 89.6 cm³/mol. The van der Waals surface area contributed by atoms with Crippen molar-refractivity contribution >= 4 is 22.2 Å². The fourth-order valence-electron chi connectivity index (χ4n) is 1.72. The fourth-order valence-corrected chi connectivity index (χ4v) is 2.45. The molecular weight excluding hydrogens is 282 g/mol. The monoisotopic (exact) mass is 305 g/mol. The summed E-state index contributed by atoms with van der Waals surface area (Å²) >= 11 is 1.62. The van der Waals surface area contributed by atoms with Crippen LogP contribution in [0.4, 0.5) is 10.8 Å². The summed E-state index contributed by atoms with van der Waals surface area (Å²) in [6.45, 7) is 8.89. The van der Waals surface area contributed by atoms with Crippen LogP contribution in [0.1, 0.15) is 26.5 Å². The summed E-state index contributed by atoms with van der Waals surface area (Å²) in [5.41, 5.74) is 2.09. The Labute approximate surface area is 130 Å². The molecule has 0 aliphatic carbocycles. The Balaban J connectivity index is 1.89. The van der Waals surface area contributed by atoms with Crippen LogP contribution in [0.5, 0.6) is 5.75 Å². The highest BCUT2D eigenvalue weighted by atomic mass is 32.1. The van der Waals surface area contributed by atoms with Gasteiger partial charge in [0, 0.05) is 17.6 Å². The van der Waals surface area contributed by atoms with Crippen LogP contribution in [0, 0.1) is 5.92 Å². The molecule has 0 atom stereocenters. The van der Waals surface area contributed by atoms with Gasteiger partial charge in [0.25, 0.3) is 0 Å². The number of anilines is 2. The second-order valence-corrected chi connectivity index (χ2v) is 6.14. The van der Waals surface area contributed by atoms with Gasteiger partial charge < -0.3 is 15.4 Å². The van der Waals surface area contributed by atoms with Crippen LogP contribution in [0.2, 0.25) is 0 Å². The van der Waals surface area contributed by atoms with Gasteiger partial charge in [0.1, 0.15) is 5.75 Å². The molecule has 21 heavy (non-hydrogen) atoms. The lowest BCUT2D eigenvalue weighted by atomic mass is 10.2. The van der Waals surface area contributed by atoms with E-state index in [4.69, 9.17) is 4.74 Å². The van der Waals surface area contributed by atoms with Crippen LogP contribution in [0.25, 0.3) is 0 Å². The van der Waals surface area contributed by atoms with E-state index in [-0.39, 0.29) is 0 Å². The molecule has 2 aromatic rings. The summed E-state index contributed by atoms with van der Waals surface area (Å²) in [5.74, 6) is 1.44. The smallest absolute Gasteiger partial charge is 0.187 e. The summed E-state index contributed by atoms with van der Waals surface area (Å²) in [6.07, 6.45) is 0. The molecule has 0 amide bonds. The van der Waals surface area contributed by atoms with Gasteiger partial charge in [-0.25, -0.2) is 4.98 Å². The van der Waals surface area contributed by atoms with Crippen molar-refractivity contribution in [3.05, 3.63) is 35.3 Å². The number of nitrogens with one attached hydrogen (secondary N) is 2. The van der Waals surface area contributed by atoms with E-state index in [1.54, 1.807) is 11.3 Å². The number of rotatable bonds is 8. The minimum absolute atomic E-state index is 0.535. The Bertz CT molecular complexity index is 537. The number of hydrogen-bond acceptors (Lipinski definition) is 5. The van der Waals surface area contributed by atoms with Gasteiger partial charge >= 0.3 is 0 Å². The summed E-state index contributed by atoms with van der Waals surface area (Å²) < 4.78 is 5.67. The van der Waals surface area contributed by atoms with E-state index in [0.29, 0.717) is 5.92 Å². The van der Waals surface area contributed by atoms with Crippen molar-refractivity contribution < 1.29 is 4.74 Å². The first-order valence-electron chi connectivity index (χ1n) is 7.32. The largest absolute Gasteiger partial charge is 0.493 e. The van der Waals surface area contributed by atoms with E-state index in [2.05, 4.69) is 41.8 Å². The summed E-state index contributed by atoms with van der Waals surface area (Å²) in [5, 5.41) is 9.58. The summed E-state index contributed by atoms with van der Waals surface area (Å²) in [7, 11) is 0. The van der Waals surface area contributed by atoms with Crippen molar-refractivity contribution in [3.8, 4) is 5.75 Å². The molecule has 0 unspecified atom stereocenters. The first kappa shape index (κ1) is 15.8. The van der Waals surface area contributed by atoms with Crippen molar-refractivity contribution in [2.24, 2.45) is 5.92 Å². The maximum absolute atomic E-state index is 5.67. The molecule has 0 radical (unpaired) electrons. The van der Waals surface area contributed by atoms with Gasteiger partial charge in [-0.05, 0) is 36.7 Å². The molecule has 114 valence electrons. The van der Waals surface area contributed by atoms with Crippen LogP contribution in [0.3, 0.4) is 0 Å². The highest BCUT2D eigenvalue weighted by Crippen LogP contribution is 2.23. The van der Waals surface area contributed by atoms with E-state index < -0.39 is 0 Å². The maximum atomic E-state index is 5.67. The highest BCUT2D eigenvalue weighted by molar-refractivity contribution is 7.13. The second-order valence-electron chi connectivity index (χ2n) is 5.28. The maximum Gasteiger partial charge on any atom is 0.187 e. The minimum atomic E-state index is 0.535. The van der Waals surface area contributed by atoms with Crippen molar-refractivity contribution in [1.29, 1.82) is 0 Å². The van der Waals surface area contributed by atoms with E-state index in [0.717, 1.165) is 42.0 Å². The molecule has 1 aromatic carbocycles. The Morgan fingerprint density at radius 2 is 2.00 bits per heavy atom. The average Bonchev–Trinajstić information content (AvgIpc) is 2.92. The molecular formula is C16H23N3OS. The zero-order chi connectivity index (χ0) is 15.1. The molecule has 0 fully saturated rings. The molecule has 0 bridgehead atoms. The zero-order valence-electron chi connectivity index (χ0n) is 12.8. The normalized spacial score (nSPS) is 10.9. The number of benzene rings is 1. The van der Waals surface area contributed by atoms with E-state index in [1.807, 2.05) is 24.3 Å². The third kappa shape index (κ3) is 5.36. The zero-order valence-corrected chi connectivity index (χ0v) is 13.7. The number of ether oxygens (including phenoxy) is 1. The topological polar surface area (TPSA) is 46.2 Å². The molecule has 4 nitrogen and oxygen atoms in total. The van der Waals surface area contributed by atoms with Crippen LogP contribution >= 0.6 is 11.3 Å². The molecule has 2 rings (SSSR count). The van der Waals surface area contributed by atoms with E-state index >= 15 is 0 Å². The molecule has 5 heteroatoms. The third-order valence-corrected chi connectivity index (χ3v) is 3.60. The van der Waals surface area contributed by atoms with Gasteiger partial charge in [0.15, 0.2) is 5.13 Å². The van der Waals surface area contributed by atoms with Crippen molar-refractivity contribution in [1.82, 2.24) is 10.3 Å². The Morgan fingerprint density at radius 1 is 1.24 bits per heavy atom. The van der Waals surface area contributed by atoms with E-state index in [1.165, 1.54) is 0 Å². The van der Waals surface area contributed by atoms with E-state index in [9.17, 15) is 0 Å². The Morgan fingerprint density at radius 3 is 2.67 bits per heavy atom. The lowest BCUT2D eigenvalue weighted by Gasteiger charge is -2.09. The number of thiazole rings is 1. The molecule has 2 N–H and O–H groups in total. The van der Waals surface area contributed by atoms with Crippen molar-refractivity contribution in [2.75, 3.05) is 18.5 Å². The molecule has 1 heterocycles. The standard InChI is InChI=1S/C16H23N3OS/c1-4-17-9-14-11-21-16(19-14)18-13-5-7-15(8-6-13)20-10-12(2)3/h5-8,11-12,17H,4,9-10H2,1-3H3,(H,18,19). The Kier molecular flexibility index (Phi) is 6.02. The minimum Gasteiger partial charge on any atom is -0.493 e. The molecule has 1 aromatic heterocycles. The molecule has 0 saturated carbocycles. The van der Waals surface area contributed by atoms with Crippen LogP contribution in [-0.4, -0.2) is 18.1 Å². The second kappa shape index (κ2) is 8.00. The van der Waals surface area contributed by atoms with Gasteiger partial charge in [0.05, 0.1) is 12.3 Å². The summed E-state index contributed by atoms with van der Waals surface area (Å²) in [6, 6.07) is 8.00. The highest BCUT2D eigenvalue weighted by Gasteiger charge is 2.03. The lowest BCUT2D eigenvalue weighted by Crippen LogP contribution is -2.11. The van der Waals surface area contributed by atoms with Gasteiger partial charge in [0.2, 0.25) is 0 Å². The molecule has 0 aliphatic rings. The van der Waals surface area contributed by atoms with Gasteiger partial charge in [-0.1, -0.05) is 20.8 Å².